The summed E-state index contributed by atoms with van der Waals surface area (Å²) in [6.07, 6.45) is -5.83. The molecule has 0 bridgehead atoms. The van der Waals surface area contributed by atoms with Gasteiger partial charge in [0.05, 0.1) is 23.9 Å². The molecule has 1 fully saturated rings. The van der Waals surface area contributed by atoms with E-state index in [0.717, 1.165) is 18.0 Å². The summed E-state index contributed by atoms with van der Waals surface area (Å²) in [5.41, 5.74) is 0.223. The van der Waals surface area contributed by atoms with E-state index in [9.17, 15) is 32.3 Å². The highest BCUT2D eigenvalue weighted by molar-refractivity contribution is 6.20. The predicted octanol–water partition coefficient (Wildman–Crippen LogP) is 6.92. The number of likely N-dealkylation sites (N-methyl/N-ethyl adjacent to an activating group) is 1. The van der Waals surface area contributed by atoms with Crippen LogP contribution in [0.15, 0.2) is 60.7 Å². The fraction of sp³-hybridized carbons (Fsp3) is 0.263. The van der Waals surface area contributed by atoms with E-state index in [0.29, 0.717) is 48.5 Å². The second-order valence-corrected chi connectivity index (χ2v) is 13.9. The zero-order chi connectivity index (χ0) is 38.8. The number of nitrogens with one attached hydrogen (secondary N) is 4. The maximum Gasteiger partial charge on any atom is 0.432 e. The summed E-state index contributed by atoms with van der Waals surface area (Å²) in [5.74, 6) is -3.34. The first-order chi connectivity index (χ1) is 26.3. The number of nitrogens with zero attached hydrogens (tertiary/aromatic N) is 3. The van der Waals surface area contributed by atoms with Gasteiger partial charge in [0.1, 0.15) is 17.1 Å². The monoisotopic (exact) mass is 775 g/mol. The SMILES string of the molecule is COC(=O)c1c(C(F)(F)F)[nH]c2c(OC(=O)N3CCN(C)CC3)cc3c(c12)[C@H](CCl)CN3C(=O)c1cc2cc(NC(=O)c3cc4ccccc4[nH]3)ccc2[nH]1. The van der Waals surface area contributed by atoms with Gasteiger partial charge in [0.25, 0.3) is 11.8 Å². The molecule has 3 aromatic heterocycles. The van der Waals surface area contributed by atoms with Crippen molar-refractivity contribution in [1.29, 1.82) is 0 Å². The first-order valence-corrected chi connectivity index (χ1v) is 17.8. The van der Waals surface area contributed by atoms with Gasteiger partial charge in [0.15, 0.2) is 5.75 Å². The van der Waals surface area contributed by atoms with Gasteiger partial charge >= 0.3 is 18.2 Å². The van der Waals surface area contributed by atoms with Crippen molar-refractivity contribution in [3.05, 3.63) is 88.9 Å². The lowest BCUT2D eigenvalue weighted by atomic mass is 9.95. The number of esters is 1. The Bertz CT molecular complexity index is 2500. The largest absolute Gasteiger partial charge is 0.465 e. The number of anilines is 2. The zero-order valence-corrected chi connectivity index (χ0v) is 30.2. The fourth-order valence-corrected chi connectivity index (χ4v) is 7.59. The number of benzene rings is 3. The normalized spacial score (nSPS) is 16.2. The fourth-order valence-electron chi connectivity index (χ4n) is 7.33. The number of hydrogen-bond acceptors (Lipinski definition) is 7. The Balaban J connectivity index is 1.17. The van der Waals surface area contributed by atoms with Gasteiger partial charge in [-0.3, -0.25) is 9.59 Å². The first-order valence-electron chi connectivity index (χ1n) is 17.3. The Morgan fingerprint density at radius 1 is 0.909 bits per heavy atom. The molecule has 0 unspecified atom stereocenters. The molecule has 0 saturated carbocycles. The molecular weight excluding hydrogens is 743 g/mol. The van der Waals surface area contributed by atoms with Crippen LogP contribution in [0.2, 0.25) is 0 Å². The van der Waals surface area contributed by atoms with Crippen LogP contribution in [-0.2, 0) is 10.9 Å². The molecule has 2 aliphatic heterocycles. The Morgan fingerprint density at radius 2 is 1.62 bits per heavy atom. The Hall–Kier alpha value is -6.00. The van der Waals surface area contributed by atoms with Gasteiger partial charge in [0.2, 0.25) is 0 Å². The van der Waals surface area contributed by atoms with Crippen LogP contribution in [0.5, 0.6) is 5.75 Å². The van der Waals surface area contributed by atoms with Gasteiger partial charge in [-0.2, -0.15) is 13.2 Å². The number of aromatic amines is 3. The molecule has 0 spiro atoms. The van der Waals surface area contributed by atoms with Crippen molar-refractivity contribution < 1.29 is 41.8 Å². The Labute approximate surface area is 315 Å². The lowest BCUT2D eigenvalue weighted by Crippen LogP contribution is -2.48. The third-order valence-corrected chi connectivity index (χ3v) is 10.5. The van der Waals surface area contributed by atoms with E-state index in [1.54, 1.807) is 30.3 Å². The number of ether oxygens (including phenoxy) is 2. The maximum absolute atomic E-state index is 14.5. The molecule has 1 saturated heterocycles. The number of piperazine rings is 1. The first kappa shape index (κ1) is 36.0. The van der Waals surface area contributed by atoms with Gasteiger partial charge < -0.3 is 44.4 Å². The molecule has 5 heterocycles. The molecule has 0 aliphatic carbocycles. The quantitative estimate of drug-likeness (QED) is 0.106. The maximum atomic E-state index is 14.5. The van der Waals surface area contributed by atoms with Crippen LogP contribution in [-0.4, -0.2) is 101 Å². The summed E-state index contributed by atoms with van der Waals surface area (Å²) in [6, 6.07) is 17.2. The summed E-state index contributed by atoms with van der Waals surface area (Å²) in [6.45, 7) is 1.71. The van der Waals surface area contributed by atoms with E-state index in [2.05, 4.69) is 20.3 Å². The van der Waals surface area contributed by atoms with Crippen LogP contribution in [0.4, 0.5) is 29.3 Å². The van der Waals surface area contributed by atoms with Crippen molar-refractivity contribution in [1.82, 2.24) is 24.8 Å². The topological polar surface area (TPSA) is 156 Å². The summed E-state index contributed by atoms with van der Waals surface area (Å²) >= 11 is 6.42. The van der Waals surface area contributed by atoms with Gasteiger partial charge in [0, 0.05) is 83.5 Å². The van der Waals surface area contributed by atoms with E-state index in [4.69, 9.17) is 21.1 Å². The predicted molar refractivity (Wildman–Crippen MR) is 199 cm³/mol. The number of H-pyrrole nitrogens is 3. The van der Waals surface area contributed by atoms with Crippen LogP contribution in [0, 0.1) is 0 Å². The average Bonchev–Trinajstić information content (AvgIpc) is 3.96. The highest BCUT2D eigenvalue weighted by atomic mass is 35.5. The van der Waals surface area contributed by atoms with Crippen molar-refractivity contribution in [2.75, 3.05) is 63.0 Å². The van der Waals surface area contributed by atoms with E-state index < -0.39 is 41.3 Å². The number of amides is 3. The second kappa shape index (κ2) is 13.7. The number of hydrogen-bond donors (Lipinski definition) is 4. The number of rotatable bonds is 6. The van der Waals surface area contributed by atoms with Gasteiger partial charge in [-0.25, -0.2) is 9.59 Å². The molecule has 284 valence electrons. The summed E-state index contributed by atoms with van der Waals surface area (Å²) in [7, 11) is 2.86. The average molecular weight is 776 g/mol. The van der Waals surface area contributed by atoms with Gasteiger partial charge in [-0.15, -0.1) is 11.6 Å². The number of alkyl halides is 4. The van der Waals surface area contributed by atoms with E-state index >= 15 is 0 Å². The molecule has 0 radical (unpaired) electrons. The Kier molecular flexibility index (Phi) is 8.96. The smallest absolute Gasteiger partial charge is 0.432 e. The summed E-state index contributed by atoms with van der Waals surface area (Å²) in [4.78, 5) is 67.2. The molecule has 55 heavy (non-hydrogen) atoms. The standard InChI is InChI=1S/C38H33ClF3N7O6/c1-47-9-11-48(12-10-47)37(53)55-28-16-27-29(30-31(36(52)54-2)33(38(40,41)42)46-32(28)30)21(17-39)18-49(27)35(51)26-15-20-13-22(7-8-24(20)45-26)43-34(50)25-14-19-5-3-4-6-23(19)44-25/h3-8,13-16,21,44-46H,9-12,17-18H2,1-2H3,(H,43,50)/t21-/m1/s1. The molecule has 3 aromatic carbocycles. The number of methoxy groups -OCH3 is 1. The van der Waals surface area contributed by atoms with Crippen LogP contribution < -0.4 is 15.0 Å². The minimum atomic E-state index is -5.03. The minimum Gasteiger partial charge on any atom is -0.465 e. The lowest BCUT2D eigenvalue weighted by Gasteiger charge is -2.31. The number of halogens is 4. The van der Waals surface area contributed by atoms with Crippen molar-refractivity contribution in [3.63, 3.8) is 0 Å². The van der Waals surface area contributed by atoms with Gasteiger partial charge in [-0.1, -0.05) is 18.2 Å². The van der Waals surface area contributed by atoms with Crippen LogP contribution >= 0.6 is 11.6 Å². The highest BCUT2D eigenvalue weighted by Crippen LogP contribution is 2.50. The Morgan fingerprint density at radius 3 is 2.33 bits per heavy atom. The highest BCUT2D eigenvalue weighted by Gasteiger charge is 2.44. The second-order valence-electron chi connectivity index (χ2n) is 13.6. The number of para-hydroxylation sites is 1. The molecule has 6 aromatic rings. The van der Waals surface area contributed by atoms with Crippen LogP contribution in [0.3, 0.4) is 0 Å². The molecule has 4 N–H and O–H groups in total. The number of carbonyl (C=O) groups is 4. The van der Waals surface area contributed by atoms with E-state index in [-0.39, 0.29) is 51.9 Å². The number of fused-ring (bicyclic) bond motifs is 5. The molecule has 3 amide bonds. The summed E-state index contributed by atoms with van der Waals surface area (Å²) in [5, 5.41) is 4.14. The third-order valence-electron chi connectivity index (χ3n) is 10.1. The van der Waals surface area contributed by atoms with Crippen molar-refractivity contribution >= 4 is 79.6 Å². The molecular formula is C38H33ClF3N7O6. The number of carbonyl (C=O) groups excluding carboxylic acids is 4. The van der Waals surface area contributed by atoms with Crippen molar-refractivity contribution in [3.8, 4) is 5.75 Å². The van der Waals surface area contributed by atoms with Crippen LogP contribution in [0.1, 0.15) is 48.5 Å². The van der Waals surface area contributed by atoms with Crippen LogP contribution in [0.25, 0.3) is 32.7 Å². The van der Waals surface area contributed by atoms with Crippen molar-refractivity contribution in [2.24, 2.45) is 0 Å². The molecule has 17 heteroatoms. The minimum absolute atomic E-state index is 0.0586. The van der Waals surface area contributed by atoms with E-state index in [1.165, 1.54) is 15.9 Å². The van der Waals surface area contributed by atoms with E-state index in [1.807, 2.05) is 36.2 Å². The third kappa shape index (κ3) is 6.40. The number of aromatic nitrogens is 3. The molecule has 13 nitrogen and oxygen atoms in total. The zero-order valence-electron chi connectivity index (χ0n) is 29.4. The molecule has 8 rings (SSSR count). The lowest BCUT2D eigenvalue weighted by molar-refractivity contribution is -0.141. The molecule has 2 aliphatic rings. The van der Waals surface area contributed by atoms with Crippen molar-refractivity contribution in [2.45, 2.75) is 12.1 Å². The summed E-state index contributed by atoms with van der Waals surface area (Å²) < 4.78 is 54.1. The van der Waals surface area contributed by atoms with Gasteiger partial charge in [-0.05, 0) is 49.0 Å². The molecule has 1 atom stereocenters.